The van der Waals surface area contributed by atoms with Crippen LogP contribution < -0.4 is 0 Å². The van der Waals surface area contributed by atoms with Gasteiger partial charge in [-0.1, -0.05) is 6.58 Å². The Labute approximate surface area is 150 Å². The van der Waals surface area contributed by atoms with E-state index in [0.29, 0.717) is 5.57 Å². The van der Waals surface area contributed by atoms with Crippen LogP contribution in [0.5, 0.6) is 0 Å². The van der Waals surface area contributed by atoms with E-state index in [1.54, 1.807) is 6.92 Å². The van der Waals surface area contributed by atoms with E-state index in [1.165, 1.54) is 38.5 Å². The fraction of sp³-hybridized carbons (Fsp3) is 0.810. The summed E-state index contributed by atoms with van der Waals surface area (Å²) in [6, 6.07) is 0. The zero-order valence-corrected chi connectivity index (χ0v) is 15.4. The zero-order valence-electron chi connectivity index (χ0n) is 15.4. The lowest BCUT2D eigenvalue weighted by atomic mass is 9.45. The van der Waals surface area contributed by atoms with Crippen molar-refractivity contribution >= 4 is 11.9 Å². The molecule has 5 saturated carbocycles. The van der Waals surface area contributed by atoms with Gasteiger partial charge in [0.05, 0.1) is 0 Å². The molecule has 5 aliphatic carbocycles. The van der Waals surface area contributed by atoms with Gasteiger partial charge in [0.15, 0.2) is 6.61 Å². The number of hydrogen-bond acceptors (Lipinski definition) is 4. The van der Waals surface area contributed by atoms with Crippen molar-refractivity contribution in [2.75, 3.05) is 6.61 Å². The second-order valence-electron chi connectivity index (χ2n) is 9.23. The molecule has 138 valence electrons. The van der Waals surface area contributed by atoms with E-state index in [9.17, 15) is 9.59 Å². The van der Waals surface area contributed by atoms with Crippen molar-refractivity contribution in [3.63, 3.8) is 0 Å². The molecule has 4 heteroatoms. The lowest BCUT2D eigenvalue weighted by Crippen LogP contribution is -2.59. The van der Waals surface area contributed by atoms with Crippen LogP contribution in [0.15, 0.2) is 12.2 Å². The van der Waals surface area contributed by atoms with E-state index < -0.39 is 5.97 Å². The number of rotatable bonds is 5. The maximum Gasteiger partial charge on any atom is 0.344 e. The van der Waals surface area contributed by atoms with Crippen LogP contribution in [0.1, 0.15) is 71.1 Å². The molecule has 0 N–H and O–H groups in total. The van der Waals surface area contributed by atoms with Gasteiger partial charge in [0.2, 0.25) is 0 Å². The van der Waals surface area contributed by atoms with Crippen molar-refractivity contribution in [3.05, 3.63) is 12.2 Å². The lowest BCUT2D eigenvalue weighted by Gasteiger charge is -2.62. The van der Waals surface area contributed by atoms with E-state index in [1.807, 2.05) is 0 Å². The van der Waals surface area contributed by atoms with Gasteiger partial charge in [0.25, 0.3) is 0 Å². The number of ether oxygens (including phenoxy) is 2. The Kier molecular flexibility index (Phi) is 4.20. The minimum atomic E-state index is -0.521. The van der Waals surface area contributed by atoms with Gasteiger partial charge >= 0.3 is 11.9 Å². The molecule has 0 radical (unpaired) electrons. The molecule has 4 nitrogen and oxygen atoms in total. The monoisotopic (exact) mass is 346 g/mol. The molecule has 0 heterocycles. The molecule has 4 bridgehead atoms. The molecule has 5 fully saturated rings. The highest BCUT2D eigenvalue weighted by molar-refractivity contribution is 5.88. The van der Waals surface area contributed by atoms with Gasteiger partial charge in [-0.25, -0.2) is 9.59 Å². The number of hydrogen-bond donors (Lipinski definition) is 0. The van der Waals surface area contributed by atoms with Crippen molar-refractivity contribution < 1.29 is 19.1 Å². The Morgan fingerprint density at radius 2 is 1.52 bits per heavy atom. The average Bonchev–Trinajstić information content (AvgIpc) is 3.01. The van der Waals surface area contributed by atoms with Crippen LogP contribution in [0.4, 0.5) is 0 Å². The zero-order chi connectivity index (χ0) is 17.7. The van der Waals surface area contributed by atoms with Gasteiger partial charge in [-0.3, -0.25) is 0 Å². The highest BCUT2D eigenvalue weighted by Crippen LogP contribution is 2.67. The summed E-state index contributed by atoms with van der Waals surface area (Å²) in [6.07, 6.45) is 12.1. The molecule has 0 saturated heterocycles. The predicted molar refractivity (Wildman–Crippen MR) is 93.7 cm³/mol. The molecule has 25 heavy (non-hydrogen) atoms. The third-order valence-corrected chi connectivity index (χ3v) is 7.39. The predicted octanol–water partition coefficient (Wildman–Crippen LogP) is 4.18. The molecular weight excluding hydrogens is 316 g/mol. The highest BCUT2D eigenvalue weighted by atomic mass is 16.6. The third-order valence-electron chi connectivity index (χ3n) is 7.39. The lowest BCUT2D eigenvalue weighted by molar-refractivity contribution is -0.211. The summed E-state index contributed by atoms with van der Waals surface area (Å²) < 4.78 is 11.2. The van der Waals surface area contributed by atoms with Gasteiger partial charge in [0.1, 0.15) is 5.60 Å². The van der Waals surface area contributed by atoms with Gasteiger partial charge in [-0.05, 0) is 88.9 Å². The van der Waals surface area contributed by atoms with Crippen LogP contribution in [0, 0.1) is 23.2 Å². The van der Waals surface area contributed by atoms with Crippen molar-refractivity contribution in [1.29, 1.82) is 0 Å². The van der Waals surface area contributed by atoms with Gasteiger partial charge in [0, 0.05) is 11.0 Å². The molecule has 0 aromatic carbocycles. The Bertz CT molecular complexity index is 549. The van der Waals surface area contributed by atoms with Crippen LogP contribution in [0.25, 0.3) is 0 Å². The maximum atomic E-state index is 12.5. The SMILES string of the molecule is C=C(C)C(=O)OCC(=O)OC1(C23CC4CC(CC(C4)C2)C3)CCCC1. The number of carbonyl (C=O) groups is 2. The van der Waals surface area contributed by atoms with Crippen molar-refractivity contribution in [2.24, 2.45) is 23.2 Å². The summed E-state index contributed by atoms with van der Waals surface area (Å²) in [5.74, 6) is 1.61. The van der Waals surface area contributed by atoms with Crippen LogP contribution in [-0.2, 0) is 19.1 Å². The minimum Gasteiger partial charge on any atom is -0.456 e. The average molecular weight is 346 g/mol. The van der Waals surface area contributed by atoms with Gasteiger partial charge < -0.3 is 9.47 Å². The molecular formula is C21H30O4. The minimum absolute atomic E-state index is 0.187. The Morgan fingerprint density at radius 1 is 1.00 bits per heavy atom. The summed E-state index contributed by atoms with van der Waals surface area (Å²) >= 11 is 0. The third kappa shape index (κ3) is 2.92. The first-order chi connectivity index (χ1) is 11.9. The smallest absolute Gasteiger partial charge is 0.344 e. The normalized spacial score (nSPS) is 37.7. The van der Waals surface area contributed by atoms with Crippen LogP contribution in [0.2, 0.25) is 0 Å². The molecule has 0 aliphatic heterocycles. The van der Waals surface area contributed by atoms with E-state index in [4.69, 9.17) is 9.47 Å². The van der Waals surface area contributed by atoms with E-state index in [2.05, 4.69) is 6.58 Å². The number of carbonyl (C=O) groups excluding carboxylic acids is 2. The highest BCUT2D eigenvalue weighted by Gasteiger charge is 2.62. The van der Waals surface area contributed by atoms with Crippen LogP contribution in [-0.4, -0.2) is 24.1 Å². The van der Waals surface area contributed by atoms with Gasteiger partial charge in [-0.15, -0.1) is 0 Å². The van der Waals surface area contributed by atoms with Crippen molar-refractivity contribution in [2.45, 2.75) is 76.7 Å². The molecule has 0 amide bonds. The largest absolute Gasteiger partial charge is 0.456 e. The fourth-order valence-corrected chi connectivity index (χ4v) is 6.85. The van der Waals surface area contributed by atoms with Crippen LogP contribution in [0.3, 0.4) is 0 Å². The molecule has 5 rings (SSSR count). The summed E-state index contributed by atoms with van der Waals surface area (Å²) in [4.78, 5) is 24.1. The Morgan fingerprint density at radius 3 is 2.00 bits per heavy atom. The quantitative estimate of drug-likeness (QED) is 0.553. The first-order valence-corrected chi connectivity index (χ1v) is 9.96. The summed E-state index contributed by atoms with van der Waals surface area (Å²) in [6.45, 7) is 4.84. The van der Waals surface area contributed by atoms with E-state index >= 15 is 0 Å². The Balaban J connectivity index is 1.49. The molecule has 0 unspecified atom stereocenters. The van der Waals surface area contributed by atoms with E-state index in [-0.39, 0.29) is 23.6 Å². The van der Waals surface area contributed by atoms with Crippen LogP contribution >= 0.6 is 0 Å². The fourth-order valence-electron chi connectivity index (χ4n) is 6.85. The van der Waals surface area contributed by atoms with Gasteiger partial charge in [-0.2, -0.15) is 0 Å². The molecule has 0 spiro atoms. The van der Waals surface area contributed by atoms with E-state index in [0.717, 1.165) is 43.4 Å². The molecule has 5 aliphatic rings. The molecule has 0 atom stereocenters. The maximum absolute atomic E-state index is 12.5. The van der Waals surface area contributed by atoms with Crippen molar-refractivity contribution in [1.82, 2.24) is 0 Å². The second kappa shape index (κ2) is 6.14. The topological polar surface area (TPSA) is 52.6 Å². The second-order valence-corrected chi connectivity index (χ2v) is 9.23. The summed E-state index contributed by atoms with van der Waals surface area (Å²) in [5.41, 5.74) is 0.187. The first kappa shape index (κ1) is 17.1. The Hall–Kier alpha value is -1.32. The summed E-state index contributed by atoms with van der Waals surface area (Å²) in [5, 5.41) is 0. The first-order valence-electron chi connectivity index (χ1n) is 9.96. The summed E-state index contributed by atoms with van der Waals surface area (Å²) in [7, 11) is 0. The van der Waals surface area contributed by atoms with Crippen molar-refractivity contribution in [3.8, 4) is 0 Å². The molecule has 0 aromatic heterocycles. The standard InChI is InChI=1S/C21H30O4/c1-14(2)19(23)24-13-18(22)25-21(5-3-4-6-21)20-10-15-7-16(11-20)9-17(8-15)12-20/h15-17H,1,3-13H2,2H3. The number of esters is 2. The molecule has 0 aromatic rings.